The zero-order valence-corrected chi connectivity index (χ0v) is 14.4. The number of hydrogen-bond donors (Lipinski definition) is 0. The van der Waals surface area contributed by atoms with Crippen LogP contribution in [-0.2, 0) is 14.3 Å². The molecule has 2 fully saturated rings. The summed E-state index contributed by atoms with van der Waals surface area (Å²) in [6, 6.07) is 6.48. The fourth-order valence-corrected chi connectivity index (χ4v) is 4.57. The summed E-state index contributed by atoms with van der Waals surface area (Å²) >= 11 is 0. The van der Waals surface area contributed by atoms with Crippen LogP contribution in [-0.4, -0.2) is 24.9 Å². The van der Waals surface area contributed by atoms with E-state index in [1.54, 1.807) is 24.3 Å². The number of fused-ring (bicyclic) bond motifs is 5. The molecule has 1 aromatic rings. The van der Waals surface area contributed by atoms with E-state index in [0.29, 0.717) is 11.3 Å². The number of imide groups is 1. The van der Waals surface area contributed by atoms with Crippen molar-refractivity contribution in [3.05, 3.63) is 53.1 Å². The average Bonchev–Trinajstić information content (AvgIpc) is 3.24. The third kappa shape index (κ3) is 2.05. The first kappa shape index (κ1) is 15.8. The molecule has 5 nitrogen and oxygen atoms in total. The highest BCUT2D eigenvalue weighted by atomic mass is 16.5. The molecular formula is C20H19NO4. The van der Waals surface area contributed by atoms with Gasteiger partial charge in [0.1, 0.15) is 0 Å². The second-order valence-corrected chi connectivity index (χ2v) is 7.00. The SMILES string of the molecule is COC(=O)c1cccc(N2C(=O)[C@H]3[C@H](C2=O)[C@H]2C=C[C@H]3C2=C(C)C)c1. The lowest BCUT2D eigenvalue weighted by atomic mass is 9.85. The van der Waals surface area contributed by atoms with E-state index in [0.717, 1.165) is 0 Å². The normalized spacial score (nSPS) is 29.4. The van der Waals surface area contributed by atoms with E-state index < -0.39 is 5.97 Å². The van der Waals surface area contributed by atoms with Crippen LogP contribution in [0.3, 0.4) is 0 Å². The molecule has 2 aliphatic carbocycles. The molecular weight excluding hydrogens is 318 g/mol. The Hall–Kier alpha value is -2.69. The second kappa shape index (κ2) is 5.41. The predicted molar refractivity (Wildman–Crippen MR) is 91.7 cm³/mol. The highest BCUT2D eigenvalue weighted by molar-refractivity contribution is 6.23. The van der Waals surface area contributed by atoms with Gasteiger partial charge in [-0.2, -0.15) is 0 Å². The Kier molecular flexibility index (Phi) is 3.42. The van der Waals surface area contributed by atoms with E-state index in [2.05, 4.69) is 12.2 Å². The zero-order valence-electron chi connectivity index (χ0n) is 14.4. The van der Waals surface area contributed by atoms with Crippen LogP contribution in [0.15, 0.2) is 47.6 Å². The van der Waals surface area contributed by atoms with Crippen LogP contribution in [0, 0.1) is 23.7 Å². The summed E-state index contributed by atoms with van der Waals surface area (Å²) in [4.78, 5) is 39.1. The Labute approximate surface area is 146 Å². The summed E-state index contributed by atoms with van der Waals surface area (Å²) in [5, 5.41) is 0. The maximum atomic E-state index is 13.0. The van der Waals surface area contributed by atoms with Gasteiger partial charge in [0.25, 0.3) is 0 Å². The van der Waals surface area contributed by atoms with Crippen LogP contribution in [0.5, 0.6) is 0 Å². The van der Waals surface area contributed by atoms with Crippen molar-refractivity contribution in [2.45, 2.75) is 13.8 Å². The van der Waals surface area contributed by atoms with E-state index in [-0.39, 0.29) is 35.5 Å². The van der Waals surface area contributed by atoms with Crippen LogP contribution >= 0.6 is 0 Å². The molecule has 5 heteroatoms. The lowest BCUT2D eigenvalue weighted by Gasteiger charge is -2.19. The lowest BCUT2D eigenvalue weighted by molar-refractivity contribution is -0.122. The summed E-state index contributed by atoms with van der Waals surface area (Å²) in [6.45, 7) is 4.08. The third-order valence-electron chi connectivity index (χ3n) is 5.52. The van der Waals surface area contributed by atoms with Gasteiger partial charge >= 0.3 is 5.97 Å². The van der Waals surface area contributed by atoms with Crippen LogP contribution in [0.2, 0.25) is 0 Å². The van der Waals surface area contributed by atoms with E-state index >= 15 is 0 Å². The maximum absolute atomic E-state index is 13.0. The highest BCUT2D eigenvalue weighted by Crippen LogP contribution is 2.57. The van der Waals surface area contributed by atoms with Gasteiger partial charge in [-0.1, -0.05) is 29.4 Å². The van der Waals surface area contributed by atoms with E-state index in [4.69, 9.17) is 4.74 Å². The van der Waals surface area contributed by atoms with Gasteiger partial charge in [0.15, 0.2) is 0 Å². The Morgan fingerprint density at radius 1 is 1.04 bits per heavy atom. The first-order valence-corrected chi connectivity index (χ1v) is 8.37. The smallest absolute Gasteiger partial charge is 0.337 e. The maximum Gasteiger partial charge on any atom is 0.337 e. The Bertz CT molecular complexity index is 828. The van der Waals surface area contributed by atoms with Gasteiger partial charge in [-0.3, -0.25) is 9.59 Å². The van der Waals surface area contributed by atoms with E-state index in [1.807, 2.05) is 13.8 Å². The molecule has 2 bridgehead atoms. The molecule has 1 saturated heterocycles. The van der Waals surface area contributed by atoms with Crippen molar-refractivity contribution in [2.75, 3.05) is 12.0 Å². The molecule has 3 aliphatic rings. The molecule has 0 aromatic heterocycles. The monoisotopic (exact) mass is 337 g/mol. The number of carbonyl (C=O) groups is 3. The summed E-state index contributed by atoms with van der Waals surface area (Å²) in [6.07, 6.45) is 4.13. The summed E-state index contributed by atoms with van der Waals surface area (Å²) in [5.41, 5.74) is 3.17. The average molecular weight is 337 g/mol. The van der Waals surface area contributed by atoms with Crippen LogP contribution in [0.4, 0.5) is 5.69 Å². The van der Waals surface area contributed by atoms with Gasteiger partial charge in [-0.25, -0.2) is 9.69 Å². The van der Waals surface area contributed by atoms with Gasteiger partial charge in [-0.15, -0.1) is 0 Å². The number of anilines is 1. The molecule has 1 heterocycles. The van der Waals surface area contributed by atoms with Gasteiger partial charge in [-0.05, 0) is 32.0 Å². The standard InChI is InChI=1S/C20H19NO4/c1-10(2)15-13-7-8-14(15)17-16(13)18(22)21(19(17)23)12-6-4-5-11(9-12)20(24)25-3/h4-9,13-14,16-17H,1-3H3/t13-,14-,16+,17+/m0/s1. The summed E-state index contributed by atoms with van der Waals surface area (Å²) < 4.78 is 4.72. The molecule has 1 aromatic carbocycles. The molecule has 0 unspecified atom stereocenters. The topological polar surface area (TPSA) is 63.7 Å². The molecule has 128 valence electrons. The number of benzene rings is 1. The van der Waals surface area contributed by atoms with Crippen LogP contribution < -0.4 is 4.90 Å². The van der Waals surface area contributed by atoms with Gasteiger partial charge in [0.05, 0.1) is 30.2 Å². The number of carbonyl (C=O) groups excluding carboxylic acids is 3. The summed E-state index contributed by atoms with van der Waals surface area (Å²) in [5.74, 6) is -1.45. The molecule has 0 N–H and O–H groups in total. The van der Waals surface area contributed by atoms with Gasteiger partial charge in [0.2, 0.25) is 11.8 Å². The third-order valence-corrected chi connectivity index (χ3v) is 5.52. The van der Waals surface area contributed by atoms with Crippen molar-refractivity contribution in [3.8, 4) is 0 Å². The minimum atomic E-state index is -0.491. The number of hydrogen-bond acceptors (Lipinski definition) is 4. The van der Waals surface area contributed by atoms with Crippen molar-refractivity contribution in [1.29, 1.82) is 0 Å². The van der Waals surface area contributed by atoms with Crippen molar-refractivity contribution in [3.63, 3.8) is 0 Å². The molecule has 4 atom stereocenters. The van der Waals surface area contributed by atoms with Crippen LogP contribution in [0.25, 0.3) is 0 Å². The lowest BCUT2D eigenvalue weighted by Crippen LogP contribution is -2.33. The Morgan fingerprint density at radius 2 is 1.64 bits per heavy atom. The van der Waals surface area contributed by atoms with Gasteiger partial charge < -0.3 is 4.74 Å². The predicted octanol–water partition coefficient (Wildman–Crippen LogP) is 2.73. The molecule has 1 aliphatic heterocycles. The first-order valence-electron chi connectivity index (χ1n) is 8.37. The number of amides is 2. The Balaban J connectivity index is 1.73. The molecule has 0 spiro atoms. The quantitative estimate of drug-likeness (QED) is 0.473. The first-order chi connectivity index (χ1) is 12.0. The van der Waals surface area contributed by atoms with Crippen molar-refractivity contribution >= 4 is 23.5 Å². The van der Waals surface area contributed by atoms with Crippen molar-refractivity contribution < 1.29 is 19.1 Å². The summed E-state index contributed by atoms with van der Waals surface area (Å²) in [7, 11) is 1.30. The molecule has 0 radical (unpaired) electrons. The minimum absolute atomic E-state index is 0.0187. The molecule has 2 amide bonds. The molecule has 25 heavy (non-hydrogen) atoms. The van der Waals surface area contributed by atoms with Crippen LogP contribution in [0.1, 0.15) is 24.2 Å². The largest absolute Gasteiger partial charge is 0.465 e. The van der Waals surface area contributed by atoms with Crippen molar-refractivity contribution in [1.82, 2.24) is 0 Å². The number of rotatable bonds is 2. The second-order valence-electron chi connectivity index (χ2n) is 7.00. The molecule has 1 saturated carbocycles. The van der Waals surface area contributed by atoms with Gasteiger partial charge in [0, 0.05) is 11.8 Å². The fourth-order valence-electron chi connectivity index (χ4n) is 4.57. The Morgan fingerprint density at radius 3 is 2.16 bits per heavy atom. The van der Waals surface area contributed by atoms with E-state index in [9.17, 15) is 14.4 Å². The number of nitrogens with zero attached hydrogens (tertiary/aromatic N) is 1. The van der Waals surface area contributed by atoms with Crippen molar-refractivity contribution in [2.24, 2.45) is 23.7 Å². The number of allylic oxidation sites excluding steroid dienone is 4. The number of methoxy groups -OCH3 is 1. The minimum Gasteiger partial charge on any atom is -0.465 e. The highest BCUT2D eigenvalue weighted by Gasteiger charge is 2.61. The number of esters is 1. The molecule has 4 rings (SSSR count). The fraction of sp³-hybridized carbons (Fsp3) is 0.350. The zero-order chi connectivity index (χ0) is 17.9. The number of ether oxygens (including phenoxy) is 1. The van der Waals surface area contributed by atoms with E-state index in [1.165, 1.54) is 23.2 Å².